The second kappa shape index (κ2) is 10.6. The van der Waals surface area contributed by atoms with Gasteiger partial charge in [0.1, 0.15) is 0 Å². The molecule has 0 unspecified atom stereocenters. The lowest BCUT2D eigenvalue weighted by atomic mass is 9.95. The van der Waals surface area contributed by atoms with Crippen molar-refractivity contribution in [2.45, 2.75) is 32.7 Å². The molecule has 2 aromatic carbocycles. The lowest BCUT2D eigenvalue weighted by Crippen LogP contribution is -2.49. The van der Waals surface area contributed by atoms with Gasteiger partial charge in [-0.1, -0.05) is 24.3 Å². The zero-order valence-electron chi connectivity index (χ0n) is 20.9. The van der Waals surface area contributed by atoms with Crippen molar-refractivity contribution in [2.75, 3.05) is 63.6 Å². The normalized spacial score (nSPS) is 17.7. The zero-order chi connectivity index (χ0) is 24.2. The minimum absolute atomic E-state index is 0.0312. The van der Waals surface area contributed by atoms with Crippen LogP contribution >= 0.6 is 0 Å². The number of fused-ring (bicyclic) bond motifs is 1. The number of benzene rings is 2. The van der Waals surface area contributed by atoms with E-state index in [4.69, 9.17) is 0 Å². The van der Waals surface area contributed by atoms with Crippen LogP contribution in [-0.4, -0.2) is 75.0 Å². The molecule has 2 heterocycles. The van der Waals surface area contributed by atoms with E-state index in [2.05, 4.69) is 57.6 Å². The van der Waals surface area contributed by atoms with E-state index >= 15 is 0 Å². The van der Waals surface area contributed by atoms with Gasteiger partial charge in [0, 0.05) is 57.7 Å². The Bertz CT molecular complexity index is 1050. The van der Waals surface area contributed by atoms with Crippen molar-refractivity contribution in [1.29, 1.82) is 0 Å². The van der Waals surface area contributed by atoms with E-state index in [0.717, 1.165) is 56.7 Å². The van der Waals surface area contributed by atoms with Gasteiger partial charge in [-0.3, -0.25) is 14.5 Å². The van der Waals surface area contributed by atoms with E-state index in [1.165, 1.54) is 16.8 Å². The summed E-state index contributed by atoms with van der Waals surface area (Å²) in [5.74, 6) is -1.23. The van der Waals surface area contributed by atoms with Crippen LogP contribution < -0.4 is 15.5 Å². The fourth-order valence-corrected chi connectivity index (χ4v) is 4.92. The summed E-state index contributed by atoms with van der Waals surface area (Å²) in [5.41, 5.74) is 6.51. The van der Waals surface area contributed by atoms with Crippen molar-refractivity contribution in [3.05, 3.63) is 58.7 Å². The van der Waals surface area contributed by atoms with Gasteiger partial charge >= 0.3 is 11.8 Å². The predicted molar refractivity (Wildman–Crippen MR) is 137 cm³/mol. The Morgan fingerprint density at radius 3 is 2.47 bits per heavy atom. The van der Waals surface area contributed by atoms with E-state index in [0.29, 0.717) is 12.2 Å². The zero-order valence-corrected chi connectivity index (χ0v) is 20.9. The molecule has 0 aromatic heterocycles. The van der Waals surface area contributed by atoms with E-state index in [-0.39, 0.29) is 6.04 Å². The quantitative estimate of drug-likeness (QED) is 0.668. The van der Waals surface area contributed by atoms with Gasteiger partial charge < -0.3 is 20.4 Å². The number of hydrogen-bond donors (Lipinski definition) is 2. The molecule has 0 aliphatic carbocycles. The molecule has 0 bridgehead atoms. The third kappa shape index (κ3) is 5.59. The van der Waals surface area contributed by atoms with Crippen LogP contribution in [0.2, 0.25) is 0 Å². The average Bonchev–Trinajstić information content (AvgIpc) is 2.82. The third-order valence-corrected chi connectivity index (χ3v) is 7.12. The first-order chi connectivity index (χ1) is 16.3. The molecular formula is C27H37N5O2. The van der Waals surface area contributed by atoms with Gasteiger partial charge in [-0.05, 0) is 68.1 Å². The summed E-state index contributed by atoms with van der Waals surface area (Å²) in [6, 6.07) is 12.5. The number of rotatable bonds is 5. The van der Waals surface area contributed by atoms with Gasteiger partial charge in [-0.2, -0.15) is 0 Å². The van der Waals surface area contributed by atoms with Crippen LogP contribution in [0.25, 0.3) is 0 Å². The molecule has 0 saturated carbocycles. The molecule has 182 valence electrons. The van der Waals surface area contributed by atoms with Crippen LogP contribution in [0.3, 0.4) is 0 Å². The van der Waals surface area contributed by atoms with Crippen LogP contribution in [0, 0.1) is 13.8 Å². The SMILES string of the molecule is Cc1ccc(C)c(NC(=O)C(=O)NC[C@@H](c2ccc3c(c2)CCCN3C)N2CCN(C)CC2)c1. The number of carbonyl (C=O) groups excluding carboxylic acids is 2. The monoisotopic (exact) mass is 463 g/mol. The Balaban J connectivity index is 1.48. The maximum absolute atomic E-state index is 12.7. The number of anilines is 2. The number of aryl methyl sites for hydroxylation is 3. The van der Waals surface area contributed by atoms with Crippen molar-refractivity contribution in [3.63, 3.8) is 0 Å². The van der Waals surface area contributed by atoms with E-state index in [1.807, 2.05) is 32.0 Å². The fraction of sp³-hybridized carbons (Fsp3) is 0.481. The summed E-state index contributed by atoms with van der Waals surface area (Å²) >= 11 is 0. The van der Waals surface area contributed by atoms with E-state index in [9.17, 15) is 9.59 Å². The molecule has 0 spiro atoms. The third-order valence-electron chi connectivity index (χ3n) is 7.12. The highest BCUT2D eigenvalue weighted by molar-refractivity contribution is 6.39. The van der Waals surface area contributed by atoms with Crippen molar-refractivity contribution in [2.24, 2.45) is 0 Å². The summed E-state index contributed by atoms with van der Waals surface area (Å²) in [6.07, 6.45) is 2.23. The van der Waals surface area contributed by atoms with Crippen LogP contribution in [-0.2, 0) is 16.0 Å². The first-order valence-corrected chi connectivity index (χ1v) is 12.2. The van der Waals surface area contributed by atoms with Crippen LogP contribution in [0.1, 0.15) is 34.7 Å². The summed E-state index contributed by atoms with van der Waals surface area (Å²) in [7, 11) is 4.28. The summed E-state index contributed by atoms with van der Waals surface area (Å²) in [4.78, 5) is 32.4. The Hall–Kier alpha value is -2.90. The minimum Gasteiger partial charge on any atom is -0.374 e. The molecule has 1 fully saturated rings. The number of nitrogens with zero attached hydrogens (tertiary/aromatic N) is 3. The number of hydrogen-bond acceptors (Lipinski definition) is 5. The number of carbonyl (C=O) groups is 2. The molecule has 7 nitrogen and oxygen atoms in total. The molecule has 1 saturated heterocycles. The molecule has 7 heteroatoms. The number of piperazine rings is 1. The lowest BCUT2D eigenvalue weighted by Gasteiger charge is -2.39. The molecule has 4 rings (SSSR count). The molecule has 34 heavy (non-hydrogen) atoms. The minimum atomic E-state index is -0.627. The second-order valence-corrected chi connectivity index (χ2v) is 9.75. The summed E-state index contributed by atoms with van der Waals surface area (Å²) < 4.78 is 0. The van der Waals surface area contributed by atoms with Crippen LogP contribution in [0.5, 0.6) is 0 Å². The van der Waals surface area contributed by atoms with E-state index in [1.54, 1.807) is 0 Å². The predicted octanol–water partition coefficient (Wildman–Crippen LogP) is 2.73. The van der Waals surface area contributed by atoms with Gasteiger partial charge in [0.15, 0.2) is 0 Å². The fourth-order valence-electron chi connectivity index (χ4n) is 4.92. The smallest absolute Gasteiger partial charge is 0.313 e. The Morgan fingerprint density at radius 2 is 1.71 bits per heavy atom. The maximum atomic E-state index is 12.7. The Kier molecular flexibility index (Phi) is 7.54. The van der Waals surface area contributed by atoms with Gasteiger partial charge in [0.25, 0.3) is 0 Å². The topological polar surface area (TPSA) is 67.9 Å². The van der Waals surface area contributed by atoms with Crippen molar-refractivity contribution >= 4 is 23.2 Å². The maximum Gasteiger partial charge on any atom is 0.313 e. The first kappa shape index (κ1) is 24.2. The van der Waals surface area contributed by atoms with Crippen LogP contribution in [0.15, 0.2) is 36.4 Å². The number of likely N-dealkylation sites (N-methyl/N-ethyl adjacent to an activating group) is 1. The summed E-state index contributed by atoms with van der Waals surface area (Å²) in [5, 5.41) is 5.68. The molecule has 2 N–H and O–H groups in total. The largest absolute Gasteiger partial charge is 0.374 e. The Morgan fingerprint density at radius 1 is 0.941 bits per heavy atom. The molecule has 2 aliphatic heterocycles. The second-order valence-electron chi connectivity index (χ2n) is 9.75. The average molecular weight is 464 g/mol. The van der Waals surface area contributed by atoms with Gasteiger partial charge in [-0.25, -0.2) is 0 Å². The van der Waals surface area contributed by atoms with Crippen molar-refractivity contribution in [3.8, 4) is 0 Å². The van der Waals surface area contributed by atoms with E-state index < -0.39 is 11.8 Å². The van der Waals surface area contributed by atoms with Crippen molar-refractivity contribution < 1.29 is 9.59 Å². The van der Waals surface area contributed by atoms with Gasteiger partial charge in [-0.15, -0.1) is 0 Å². The van der Waals surface area contributed by atoms with Crippen molar-refractivity contribution in [1.82, 2.24) is 15.1 Å². The molecule has 0 radical (unpaired) electrons. The molecule has 2 aliphatic rings. The number of nitrogens with one attached hydrogen (secondary N) is 2. The number of amides is 2. The molecular weight excluding hydrogens is 426 g/mol. The van der Waals surface area contributed by atoms with Crippen LogP contribution in [0.4, 0.5) is 11.4 Å². The highest BCUT2D eigenvalue weighted by Gasteiger charge is 2.27. The molecule has 2 aromatic rings. The standard InChI is InChI=1S/C27H37N5O2/c1-19-7-8-20(2)23(16-19)29-27(34)26(33)28-18-25(32-14-12-30(3)13-15-32)22-9-10-24-21(17-22)6-5-11-31(24)4/h7-10,16-17,25H,5-6,11-15,18H2,1-4H3,(H,28,33)(H,29,34)/t25-/m0/s1. The van der Waals surface area contributed by atoms with Gasteiger partial charge in [0.2, 0.25) is 0 Å². The molecule has 2 amide bonds. The lowest BCUT2D eigenvalue weighted by molar-refractivity contribution is -0.136. The first-order valence-electron chi connectivity index (χ1n) is 12.2. The molecule has 1 atom stereocenters. The van der Waals surface area contributed by atoms with Gasteiger partial charge in [0.05, 0.1) is 6.04 Å². The highest BCUT2D eigenvalue weighted by atomic mass is 16.2. The highest BCUT2D eigenvalue weighted by Crippen LogP contribution is 2.31. The summed E-state index contributed by atoms with van der Waals surface area (Å²) in [6.45, 7) is 9.22. The Labute approximate surface area is 203 Å².